The zero-order valence-corrected chi connectivity index (χ0v) is 23.2. The topological polar surface area (TPSA) is 314 Å². The van der Waals surface area contributed by atoms with Crippen molar-refractivity contribution in [3.05, 3.63) is 0 Å². The van der Waals surface area contributed by atoms with Gasteiger partial charge in [-0.3, -0.25) is 0 Å². The molecular weight excluding hydrogens is 513 g/mol. The van der Waals surface area contributed by atoms with Crippen molar-refractivity contribution < 1.29 is 60.2 Å². The zero-order valence-electron chi connectivity index (χ0n) is 9.37. The summed E-state index contributed by atoms with van der Waals surface area (Å²) in [7, 11) is 0. The monoisotopic (exact) mass is 514 g/mol. The molecule has 0 heterocycles. The molecule has 0 radical (unpaired) electrons. The van der Waals surface area contributed by atoms with E-state index in [1.807, 2.05) is 0 Å². The Labute approximate surface area is 250 Å². The van der Waals surface area contributed by atoms with Gasteiger partial charge in [-0.25, -0.2) is 0 Å². The summed E-state index contributed by atoms with van der Waals surface area (Å²) >= 11 is 0. The molecule has 88 valence electrons. The third kappa shape index (κ3) is 342. The van der Waals surface area contributed by atoms with Crippen LogP contribution < -0.4 is 0 Å². The van der Waals surface area contributed by atoms with Gasteiger partial charge in [0, 0.05) is 0 Å². The maximum absolute atomic E-state index is 0. The summed E-state index contributed by atoms with van der Waals surface area (Å²) in [6.45, 7) is 0. The molecule has 0 saturated carbocycles. The largest absolute Gasteiger partial charge is 3.00 e. The van der Waals surface area contributed by atoms with Crippen molar-refractivity contribution in [3.8, 4) is 0 Å². The predicted octanol–water partition coefficient (Wildman–Crippen LogP) is -4.35. The SMILES string of the molecule is [Al+3].[Al+3].[Al+3].[Al+3].[Al+3].[Al+3].[O-2].[O-2].[O-2].[O-2].[O-2].[O-2].[O-2].[O-2].[O-2].[O-2].[O-2].[Sr+2].[Sr+2]. The third-order valence-electron chi connectivity index (χ3n) is 0. The minimum atomic E-state index is 0. The summed E-state index contributed by atoms with van der Waals surface area (Å²) in [4.78, 5) is 0. The Morgan fingerprint density at radius 3 is 0.158 bits per heavy atom. The number of hydrogen-bond donors (Lipinski definition) is 0. The molecular formula is Al6O11Sr2. The van der Waals surface area contributed by atoms with Crippen molar-refractivity contribution in [2.45, 2.75) is 0 Å². The fourth-order valence-electron chi connectivity index (χ4n) is 0. The molecule has 0 aromatic carbocycles. The quantitative estimate of drug-likeness (QED) is 0.277. The molecule has 19 heavy (non-hydrogen) atoms. The van der Waals surface area contributed by atoms with Gasteiger partial charge in [-0.15, -0.1) is 0 Å². The van der Waals surface area contributed by atoms with Gasteiger partial charge < -0.3 is 60.2 Å². The molecule has 11 nitrogen and oxygen atoms in total. The Morgan fingerprint density at radius 2 is 0.158 bits per heavy atom. The number of hydrogen-bond acceptors (Lipinski definition) is 0. The second-order valence-corrected chi connectivity index (χ2v) is 0. The Morgan fingerprint density at radius 1 is 0.158 bits per heavy atom. The molecule has 19 heteroatoms. The molecule has 0 fully saturated rings. The molecule has 0 aromatic rings. The van der Waals surface area contributed by atoms with E-state index in [4.69, 9.17) is 0 Å². The third-order valence-corrected chi connectivity index (χ3v) is 0. The first-order valence-electron chi connectivity index (χ1n) is 0. The van der Waals surface area contributed by atoms with E-state index in [2.05, 4.69) is 0 Å². The molecule has 0 rings (SSSR count). The molecule has 0 saturated heterocycles. The maximum atomic E-state index is 0. The molecule has 0 amide bonds. The molecule has 0 bridgehead atoms. The zero-order chi connectivity index (χ0) is 0. The Kier molecular flexibility index (Phi) is 8390. The van der Waals surface area contributed by atoms with Crippen molar-refractivity contribution in [1.82, 2.24) is 0 Å². The van der Waals surface area contributed by atoms with Crippen molar-refractivity contribution in [2.24, 2.45) is 0 Å². The van der Waals surface area contributed by atoms with E-state index in [0.29, 0.717) is 0 Å². The van der Waals surface area contributed by atoms with Crippen molar-refractivity contribution in [2.75, 3.05) is 0 Å². The van der Waals surface area contributed by atoms with Gasteiger partial charge in [0.2, 0.25) is 0 Å². The van der Waals surface area contributed by atoms with Crippen molar-refractivity contribution in [1.29, 1.82) is 0 Å². The van der Waals surface area contributed by atoms with Crippen LogP contribution in [0.15, 0.2) is 0 Å². The second-order valence-electron chi connectivity index (χ2n) is 0. The van der Waals surface area contributed by atoms with Crippen LogP contribution in [0.25, 0.3) is 0 Å². The van der Waals surface area contributed by atoms with Crippen LogP contribution >= 0.6 is 0 Å². The van der Waals surface area contributed by atoms with E-state index in [-0.39, 0.29) is 255 Å². The first-order chi connectivity index (χ1) is 0. The predicted molar refractivity (Wildman–Crippen MR) is 53.6 cm³/mol. The molecule has 0 aliphatic carbocycles. The first-order valence-corrected chi connectivity index (χ1v) is 0. The van der Waals surface area contributed by atoms with Gasteiger partial charge in [-0.1, -0.05) is 0 Å². The van der Waals surface area contributed by atoms with Gasteiger partial charge in [-0.05, 0) is 0 Å². The van der Waals surface area contributed by atoms with Gasteiger partial charge in [0.05, 0.1) is 0 Å². The molecule has 0 spiro atoms. The second kappa shape index (κ2) is 375. The van der Waals surface area contributed by atoms with Gasteiger partial charge in [0.15, 0.2) is 0 Å². The average Bonchev–Trinajstić information content (AvgIpc) is 0. The molecule has 0 aliphatic rings. The van der Waals surface area contributed by atoms with E-state index in [0.717, 1.165) is 0 Å². The van der Waals surface area contributed by atoms with E-state index < -0.39 is 0 Å². The molecule has 0 aliphatic heterocycles. The summed E-state index contributed by atoms with van der Waals surface area (Å²) in [5.41, 5.74) is 0. The number of rotatable bonds is 0. The molecule has 0 unspecified atom stereocenters. The van der Waals surface area contributed by atoms with Crippen LogP contribution in [-0.2, 0) is 60.2 Å². The van der Waals surface area contributed by atoms with Crippen LogP contribution in [0, 0.1) is 0 Å². The van der Waals surface area contributed by atoms with Gasteiger partial charge in [0.25, 0.3) is 0 Å². The van der Waals surface area contributed by atoms with Crippen molar-refractivity contribution >= 4 is 195 Å². The smallest absolute Gasteiger partial charge is 2.00 e. The van der Waals surface area contributed by atoms with Crippen LogP contribution in [0.2, 0.25) is 0 Å². The fourth-order valence-corrected chi connectivity index (χ4v) is 0. The standard InChI is InChI=1S/6Al.11O.2Sr/q6*+3;11*-2;2*+2. The van der Waals surface area contributed by atoms with Crippen LogP contribution in [0.3, 0.4) is 0 Å². The van der Waals surface area contributed by atoms with E-state index >= 15 is 0 Å². The normalized spacial score (nSPS) is 0. The van der Waals surface area contributed by atoms with Crippen molar-refractivity contribution in [3.63, 3.8) is 0 Å². The van der Waals surface area contributed by atoms with E-state index in [9.17, 15) is 0 Å². The minimum absolute atomic E-state index is 0. The summed E-state index contributed by atoms with van der Waals surface area (Å²) in [6, 6.07) is 0. The first kappa shape index (κ1) is 425. The molecule has 0 N–H and O–H groups in total. The van der Waals surface area contributed by atoms with Crippen LogP contribution in [-0.4, -0.2) is 195 Å². The van der Waals surface area contributed by atoms with Crippen LogP contribution in [0.1, 0.15) is 0 Å². The molecule has 0 atom stereocenters. The van der Waals surface area contributed by atoms with E-state index in [1.165, 1.54) is 0 Å². The summed E-state index contributed by atoms with van der Waals surface area (Å²) in [6.07, 6.45) is 0. The van der Waals surface area contributed by atoms with Gasteiger partial charge in [0.1, 0.15) is 0 Å². The average molecular weight is 513 g/mol. The Hall–Kier alpha value is 5.72. The minimum Gasteiger partial charge on any atom is -2.00 e. The summed E-state index contributed by atoms with van der Waals surface area (Å²) in [5, 5.41) is 0. The Bertz CT molecular complexity index is 25.1. The fraction of sp³-hybridized carbons (Fsp3) is 0. The Balaban J connectivity index is 0. The van der Waals surface area contributed by atoms with Crippen LogP contribution in [0.4, 0.5) is 0 Å². The summed E-state index contributed by atoms with van der Waals surface area (Å²) < 4.78 is 0. The van der Waals surface area contributed by atoms with Crippen LogP contribution in [0.5, 0.6) is 0 Å². The summed E-state index contributed by atoms with van der Waals surface area (Å²) in [5.74, 6) is 0. The van der Waals surface area contributed by atoms with Gasteiger partial charge in [-0.2, -0.15) is 0 Å². The van der Waals surface area contributed by atoms with E-state index in [1.54, 1.807) is 0 Å². The molecule has 0 aromatic heterocycles. The van der Waals surface area contributed by atoms with Gasteiger partial charge >= 0.3 is 195 Å². The maximum Gasteiger partial charge on any atom is 3.00 e.